The molecule has 1 saturated heterocycles. The van der Waals surface area contributed by atoms with E-state index in [1.54, 1.807) is 11.3 Å². The van der Waals surface area contributed by atoms with Crippen LogP contribution in [0, 0.1) is 12.8 Å². The van der Waals surface area contributed by atoms with E-state index in [9.17, 15) is 4.79 Å². The minimum absolute atomic E-state index is 0.0841. The van der Waals surface area contributed by atoms with E-state index in [4.69, 9.17) is 0 Å². The Morgan fingerprint density at radius 2 is 2.05 bits per heavy atom. The van der Waals surface area contributed by atoms with Crippen molar-refractivity contribution in [3.05, 3.63) is 21.9 Å². The summed E-state index contributed by atoms with van der Waals surface area (Å²) in [5.41, 5.74) is -0.228. The second-order valence-electron chi connectivity index (χ2n) is 7.11. The Morgan fingerprint density at radius 1 is 1.33 bits per heavy atom. The molecule has 0 radical (unpaired) electrons. The maximum Gasteiger partial charge on any atom is 0.244 e. The molecule has 0 aromatic carbocycles. The zero-order chi connectivity index (χ0) is 15.2. The number of aryl methyl sites for hydroxylation is 1. The molecule has 1 N–H and O–H groups in total. The van der Waals surface area contributed by atoms with Gasteiger partial charge in [0.15, 0.2) is 0 Å². The second-order valence-corrected chi connectivity index (χ2v) is 8.43. The molecular formula is C17H26N2OS. The first-order chi connectivity index (χ1) is 9.93. The Morgan fingerprint density at radius 3 is 2.57 bits per heavy atom. The lowest BCUT2D eigenvalue weighted by Gasteiger charge is -2.30. The molecule has 1 spiro atoms. The van der Waals surface area contributed by atoms with Crippen molar-refractivity contribution in [2.24, 2.45) is 5.92 Å². The van der Waals surface area contributed by atoms with Crippen LogP contribution in [0.25, 0.3) is 0 Å². The molecule has 116 valence electrons. The largest absolute Gasteiger partial charge is 0.318 e. The Bertz CT molecular complexity index is 533. The number of amides is 1. The van der Waals surface area contributed by atoms with Crippen LogP contribution in [0.5, 0.6) is 0 Å². The number of carbonyl (C=O) groups is 1. The third-order valence-electron chi connectivity index (χ3n) is 4.75. The van der Waals surface area contributed by atoms with Gasteiger partial charge in [-0.15, -0.1) is 11.3 Å². The number of hydrogen-bond acceptors (Lipinski definition) is 3. The van der Waals surface area contributed by atoms with Gasteiger partial charge in [0.2, 0.25) is 5.91 Å². The standard InChI is InChI=1S/C17H26N2OS/c1-11(2)5-6-12(3)19-15(14-8-7-13(4)21-14)18-17(9-10-17)16(19)20/h7-8,11-12,15,18H,5-6,9-10H2,1-4H3. The molecule has 2 fully saturated rings. The topological polar surface area (TPSA) is 32.3 Å². The minimum Gasteiger partial charge on any atom is -0.318 e. The van der Waals surface area contributed by atoms with Crippen molar-refractivity contribution in [2.45, 2.75) is 71.1 Å². The smallest absolute Gasteiger partial charge is 0.244 e. The van der Waals surface area contributed by atoms with Gasteiger partial charge in [0.25, 0.3) is 0 Å². The SMILES string of the molecule is Cc1ccc(C2NC3(CC3)C(=O)N2C(C)CCC(C)C)s1. The first kappa shape index (κ1) is 15.0. The van der Waals surface area contributed by atoms with Gasteiger partial charge >= 0.3 is 0 Å². The summed E-state index contributed by atoms with van der Waals surface area (Å²) in [7, 11) is 0. The molecule has 2 atom stereocenters. The lowest BCUT2D eigenvalue weighted by molar-refractivity contribution is -0.132. The number of rotatable bonds is 5. The van der Waals surface area contributed by atoms with Gasteiger partial charge in [0.1, 0.15) is 11.7 Å². The van der Waals surface area contributed by atoms with Gasteiger partial charge in [0, 0.05) is 15.8 Å². The lowest BCUT2D eigenvalue weighted by atomic mass is 10.0. The lowest BCUT2D eigenvalue weighted by Crippen LogP contribution is -2.38. The summed E-state index contributed by atoms with van der Waals surface area (Å²) in [6.45, 7) is 8.83. The van der Waals surface area contributed by atoms with Crippen molar-refractivity contribution in [1.82, 2.24) is 10.2 Å². The van der Waals surface area contributed by atoms with Crippen LogP contribution in [0.15, 0.2) is 12.1 Å². The van der Waals surface area contributed by atoms with Crippen molar-refractivity contribution in [2.75, 3.05) is 0 Å². The van der Waals surface area contributed by atoms with Crippen LogP contribution in [0.2, 0.25) is 0 Å². The summed E-state index contributed by atoms with van der Waals surface area (Å²) in [6, 6.07) is 4.63. The molecule has 21 heavy (non-hydrogen) atoms. The summed E-state index contributed by atoms with van der Waals surface area (Å²) in [5, 5.41) is 3.63. The van der Waals surface area contributed by atoms with Crippen molar-refractivity contribution >= 4 is 17.2 Å². The molecule has 3 rings (SSSR count). The fourth-order valence-corrected chi connectivity index (χ4v) is 4.15. The van der Waals surface area contributed by atoms with Gasteiger partial charge in [-0.2, -0.15) is 0 Å². The fourth-order valence-electron chi connectivity index (χ4n) is 3.22. The summed E-state index contributed by atoms with van der Waals surface area (Å²) in [4.78, 5) is 17.5. The summed E-state index contributed by atoms with van der Waals surface area (Å²) >= 11 is 1.80. The number of thiophene rings is 1. The van der Waals surface area contributed by atoms with Crippen molar-refractivity contribution < 1.29 is 4.79 Å². The highest BCUT2D eigenvalue weighted by Gasteiger charge is 2.60. The van der Waals surface area contributed by atoms with Crippen LogP contribution in [0.3, 0.4) is 0 Å². The van der Waals surface area contributed by atoms with Gasteiger partial charge in [-0.3, -0.25) is 10.1 Å². The average Bonchev–Trinajstić information content (AvgIpc) is 2.99. The molecule has 1 amide bonds. The third-order valence-corrected chi connectivity index (χ3v) is 5.81. The van der Waals surface area contributed by atoms with Crippen LogP contribution in [0.4, 0.5) is 0 Å². The maximum absolute atomic E-state index is 12.8. The number of nitrogens with one attached hydrogen (secondary N) is 1. The zero-order valence-electron chi connectivity index (χ0n) is 13.5. The summed E-state index contributed by atoms with van der Waals surface area (Å²) in [5.74, 6) is 1.02. The Labute approximate surface area is 131 Å². The first-order valence-electron chi connectivity index (χ1n) is 8.10. The van der Waals surface area contributed by atoms with E-state index < -0.39 is 0 Å². The molecule has 2 heterocycles. The van der Waals surface area contributed by atoms with Crippen LogP contribution in [-0.4, -0.2) is 22.4 Å². The van der Waals surface area contributed by atoms with Crippen LogP contribution >= 0.6 is 11.3 Å². The molecule has 1 aromatic heterocycles. The van der Waals surface area contributed by atoms with Gasteiger partial charge in [-0.25, -0.2) is 0 Å². The van der Waals surface area contributed by atoms with Gasteiger partial charge in [-0.05, 0) is 57.6 Å². The molecule has 2 unspecified atom stereocenters. The third kappa shape index (κ3) is 2.76. The van der Waals surface area contributed by atoms with E-state index in [1.165, 1.54) is 16.2 Å². The predicted octanol–water partition coefficient (Wildman–Crippen LogP) is 3.84. The molecule has 1 aliphatic heterocycles. The Kier molecular flexibility index (Phi) is 3.87. The Hall–Kier alpha value is -0.870. The highest BCUT2D eigenvalue weighted by molar-refractivity contribution is 7.12. The van der Waals surface area contributed by atoms with Gasteiger partial charge in [-0.1, -0.05) is 13.8 Å². The van der Waals surface area contributed by atoms with E-state index in [-0.39, 0.29) is 11.7 Å². The zero-order valence-corrected chi connectivity index (χ0v) is 14.3. The van der Waals surface area contributed by atoms with Crippen LogP contribution in [0.1, 0.15) is 62.4 Å². The van der Waals surface area contributed by atoms with Crippen molar-refractivity contribution in [3.8, 4) is 0 Å². The quantitative estimate of drug-likeness (QED) is 0.896. The molecule has 1 aromatic rings. The fraction of sp³-hybridized carbons (Fsp3) is 0.706. The van der Waals surface area contributed by atoms with E-state index in [0.29, 0.717) is 17.9 Å². The molecule has 2 aliphatic rings. The van der Waals surface area contributed by atoms with Crippen molar-refractivity contribution in [1.29, 1.82) is 0 Å². The normalized spacial score (nSPS) is 25.1. The second kappa shape index (κ2) is 5.40. The van der Waals surface area contributed by atoms with E-state index >= 15 is 0 Å². The van der Waals surface area contributed by atoms with E-state index in [1.807, 2.05) is 0 Å². The first-order valence-corrected chi connectivity index (χ1v) is 8.91. The molecule has 4 heteroatoms. The average molecular weight is 306 g/mol. The number of hydrogen-bond donors (Lipinski definition) is 1. The van der Waals surface area contributed by atoms with E-state index in [2.05, 4.69) is 50.0 Å². The monoisotopic (exact) mass is 306 g/mol. The highest BCUT2D eigenvalue weighted by atomic mass is 32.1. The van der Waals surface area contributed by atoms with Gasteiger partial charge < -0.3 is 4.90 Å². The molecular weight excluding hydrogens is 280 g/mol. The van der Waals surface area contributed by atoms with E-state index in [0.717, 1.165) is 19.3 Å². The molecule has 1 aliphatic carbocycles. The number of nitrogens with zero attached hydrogens (tertiary/aromatic N) is 1. The molecule has 3 nitrogen and oxygen atoms in total. The number of carbonyl (C=O) groups excluding carboxylic acids is 1. The van der Waals surface area contributed by atoms with Crippen molar-refractivity contribution in [3.63, 3.8) is 0 Å². The maximum atomic E-state index is 12.8. The highest BCUT2D eigenvalue weighted by Crippen LogP contribution is 2.47. The van der Waals surface area contributed by atoms with Gasteiger partial charge in [0.05, 0.1) is 0 Å². The summed E-state index contributed by atoms with van der Waals surface area (Å²) < 4.78 is 0. The molecule has 1 saturated carbocycles. The Balaban J connectivity index is 1.81. The predicted molar refractivity (Wildman–Crippen MR) is 87.3 cm³/mol. The minimum atomic E-state index is -0.228. The molecule has 0 bridgehead atoms. The van der Waals surface area contributed by atoms with Crippen LogP contribution in [-0.2, 0) is 4.79 Å². The van der Waals surface area contributed by atoms with Crippen LogP contribution < -0.4 is 5.32 Å². The summed E-state index contributed by atoms with van der Waals surface area (Å²) in [6.07, 6.45) is 4.34.